The molecule has 2 aromatic carbocycles. The van der Waals surface area contributed by atoms with Gasteiger partial charge in [0.2, 0.25) is 0 Å². The van der Waals surface area contributed by atoms with Gasteiger partial charge in [0.05, 0.1) is 5.51 Å². The second-order valence-electron chi connectivity index (χ2n) is 4.36. The Morgan fingerprint density at radius 3 is 2.84 bits per heavy atom. The SMILES string of the molecule is Oc1ccc2ccccc2c1CNCc1cncs1. The van der Waals surface area contributed by atoms with E-state index in [1.807, 2.05) is 36.0 Å². The van der Waals surface area contributed by atoms with Gasteiger partial charge in [-0.2, -0.15) is 0 Å². The highest BCUT2D eigenvalue weighted by molar-refractivity contribution is 7.09. The second-order valence-corrected chi connectivity index (χ2v) is 5.33. The van der Waals surface area contributed by atoms with E-state index < -0.39 is 0 Å². The first-order valence-electron chi connectivity index (χ1n) is 6.12. The number of benzene rings is 2. The van der Waals surface area contributed by atoms with Gasteiger partial charge in [0.15, 0.2) is 0 Å². The number of aromatic hydroxyl groups is 1. The average molecular weight is 270 g/mol. The highest BCUT2D eigenvalue weighted by atomic mass is 32.1. The standard InChI is InChI=1S/C15H14N2OS/c18-15-6-5-11-3-1-2-4-13(11)14(15)9-16-7-12-8-17-10-19-12/h1-6,8,10,16,18H,7,9H2. The number of fused-ring (bicyclic) bond motifs is 1. The molecule has 0 bridgehead atoms. The number of nitrogens with zero attached hydrogens (tertiary/aromatic N) is 1. The summed E-state index contributed by atoms with van der Waals surface area (Å²) in [6.07, 6.45) is 1.86. The lowest BCUT2D eigenvalue weighted by atomic mass is 10.0. The maximum Gasteiger partial charge on any atom is 0.120 e. The van der Waals surface area contributed by atoms with Gasteiger partial charge in [-0.3, -0.25) is 4.98 Å². The summed E-state index contributed by atoms with van der Waals surface area (Å²) in [5.74, 6) is 0.343. The van der Waals surface area contributed by atoms with Crippen molar-refractivity contribution in [3.63, 3.8) is 0 Å². The van der Waals surface area contributed by atoms with Crippen molar-refractivity contribution in [1.82, 2.24) is 10.3 Å². The predicted molar refractivity (Wildman–Crippen MR) is 78.3 cm³/mol. The molecule has 0 spiro atoms. The van der Waals surface area contributed by atoms with Gasteiger partial charge in [0, 0.05) is 29.7 Å². The summed E-state index contributed by atoms with van der Waals surface area (Å²) >= 11 is 1.63. The van der Waals surface area contributed by atoms with E-state index in [1.165, 1.54) is 4.88 Å². The van der Waals surface area contributed by atoms with Gasteiger partial charge >= 0.3 is 0 Å². The van der Waals surface area contributed by atoms with E-state index in [4.69, 9.17) is 0 Å². The zero-order chi connectivity index (χ0) is 13.1. The lowest BCUT2D eigenvalue weighted by Gasteiger charge is -2.09. The molecule has 0 atom stereocenters. The zero-order valence-electron chi connectivity index (χ0n) is 10.3. The fraction of sp³-hybridized carbons (Fsp3) is 0.133. The summed E-state index contributed by atoms with van der Waals surface area (Å²) in [6, 6.07) is 11.8. The van der Waals surface area contributed by atoms with Crippen molar-refractivity contribution < 1.29 is 5.11 Å². The van der Waals surface area contributed by atoms with E-state index in [2.05, 4.69) is 16.4 Å². The second kappa shape index (κ2) is 5.38. The third-order valence-electron chi connectivity index (χ3n) is 3.10. The van der Waals surface area contributed by atoms with Crippen LogP contribution in [0.4, 0.5) is 0 Å². The number of phenols is 1. The molecule has 19 heavy (non-hydrogen) atoms. The molecule has 3 aromatic rings. The minimum atomic E-state index is 0.343. The number of nitrogens with one attached hydrogen (secondary N) is 1. The molecule has 3 rings (SSSR count). The maximum atomic E-state index is 10.0. The molecule has 0 aliphatic rings. The summed E-state index contributed by atoms with van der Waals surface area (Å²) in [5.41, 5.74) is 2.77. The van der Waals surface area contributed by atoms with Gasteiger partial charge in [-0.05, 0) is 16.8 Å². The third kappa shape index (κ3) is 2.59. The number of rotatable bonds is 4. The Labute approximate surface area is 115 Å². The minimum Gasteiger partial charge on any atom is -0.508 e. The molecular formula is C15H14N2OS. The number of hydrogen-bond acceptors (Lipinski definition) is 4. The monoisotopic (exact) mass is 270 g/mol. The molecule has 2 N–H and O–H groups in total. The Morgan fingerprint density at radius 2 is 2.00 bits per heavy atom. The lowest BCUT2D eigenvalue weighted by Crippen LogP contribution is -2.12. The summed E-state index contributed by atoms with van der Waals surface area (Å²) in [7, 11) is 0. The van der Waals surface area contributed by atoms with Crippen LogP contribution in [0, 0.1) is 0 Å². The molecule has 0 aliphatic carbocycles. The Bertz CT molecular complexity index is 680. The van der Waals surface area contributed by atoms with Crippen molar-refractivity contribution >= 4 is 22.1 Å². The maximum absolute atomic E-state index is 10.0. The molecule has 3 nitrogen and oxygen atoms in total. The Hall–Kier alpha value is -1.91. The van der Waals surface area contributed by atoms with Gasteiger partial charge in [-0.1, -0.05) is 30.3 Å². The highest BCUT2D eigenvalue weighted by Crippen LogP contribution is 2.26. The van der Waals surface area contributed by atoms with Crippen LogP contribution >= 0.6 is 11.3 Å². The van der Waals surface area contributed by atoms with Gasteiger partial charge < -0.3 is 10.4 Å². The summed E-state index contributed by atoms with van der Waals surface area (Å²) in [5, 5.41) is 15.6. The fourth-order valence-electron chi connectivity index (χ4n) is 2.15. The molecule has 1 aromatic heterocycles. The zero-order valence-corrected chi connectivity index (χ0v) is 11.2. The van der Waals surface area contributed by atoms with Gasteiger partial charge in [-0.15, -0.1) is 11.3 Å². The largest absolute Gasteiger partial charge is 0.508 e. The first-order chi connectivity index (χ1) is 9.34. The predicted octanol–water partition coefficient (Wildman–Crippen LogP) is 3.29. The fourth-order valence-corrected chi connectivity index (χ4v) is 2.71. The Morgan fingerprint density at radius 1 is 1.11 bits per heavy atom. The molecule has 0 aliphatic heterocycles. The van der Waals surface area contributed by atoms with E-state index in [1.54, 1.807) is 17.4 Å². The van der Waals surface area contributed by atoms with Crippen molar-refractivity contribution in [2.75, 3.05) is 0 Å². The van der Waals surface area contributed by atoms with Gasteiger partial charge in [0.1, 0.15) is 5.75 Å². The Kier molecular flexibility index (Phi) is 3.44. The summed E-state index contributed by atoms with van der Waals surface area (Å²) in [6.45, 7) is 1.42. The smallest absolute Gasteiger partial charge is 0.120 e. The number of aromatic nitrogens is 1. The van der Waals surface area contributed by atoms with Crippen LogP contribution < -0.4 is 5.32 Å². The van der Waals surface area contributed by atoms with E-state index >= 15 is 0 Å². The van der Waals surface area contributed by atoms with Crippen LogP contribution in [0.3, 0.4) is 0 Å². The van der Waals surface area contributed by atoms with Crippen LogP contribution in [0.1, 0.15) is 10.4 Å². The quantitative estimate of drug-likeness (QED) is 0.764. The summed E-state index contributed by atoms with van der Waals surface area (Å²) < 4.78 is 0. The van der Waals surface area contributed by atoms with Crippen LogP contribution in [0.2, 0.25) is 0 Å². The van der Waals surface area contributed by atoms with Crippen molar-refractivity contribution in [2.45, 2.75) is 13.1 Å². The topological polar surface area (TPSA) is 45.1 Å². The lowest BCUT2D eigenvalue weighted by molar-refractivity contribution is 0.466. The molecule has 1 heterocycles. The molecule has 0 saturated carbocycles. The summed E-state index contributed by atoms with van der Waals surface area (Å²) in [4.78, 5) is 5.24. The average Bonchev–Trinajstić information content (AvgIpc) is 2.94. The number of thiazole rings is 1. The van der Waals surface area contributed by atoms with Crippen molar-refractivity contribution in [2.24, 2.45) is 0 Å². The minimum absolute atomic E-state index is 0.343. The van der Waals surface area contributed by atoms with Crippen LogP contribution in [0.25, 0.3) is 10.8 Å². The van der Waals surface area contributed by atoms with Crippen LogP contribution in [0.5, 0.6) is 5.75 Å². The molecular weight excluding hydrogens is 256 g/mol. The highest BCUT2D eigenvalue weighted by Gasteiger charge is 2.06. The van der Waals surface area contributed by atoms with Crippen LogP contribution in [0.15, 0.2) is 48.1 Å². The Balaban J connectivity index is 1.81. The molecule has 0 fully saturated rings. The number of phenolic OH excluding ortho intramolecular Hbond substituents is 1. The molecule has 0 amide bonds. The first-order valence-corrected chi connectivity index (χ1v) is 7.00. The van der Waals surface area contributed by atoms with Crippen molar-refractivity contribution in [3.05, 3.63) is 58.5 Å². The van der Waals surface area contributed by atoms with Crippen molar-refractivity contribution in [3.8, 4) is 5.75 Å². The molecule has 96 valence electrons. The van der Waals surface area contributed by atoms with Crippen LogP contribution in [-0.4, -0.2) is 10.1 Å². The molecule has 0 unspecified atom stereocenters. The normalized spacial score (nSPS) is 10.9. The van der Waals surface area contributed by atoms with E-state index in [9.17, 15) is 5.11 Å². The molecule has 0 saturated heterocycles. The first kappa shape index (κ1) is 12.1. The molecule has 4 heteroatoms. The van der Waals surface area contributed by atoms with Gasteiger partial charge in [-0.25, -0.2) is 0 Å². The third-order valence-corrected chi connectivity index (χ3v) is 3.88. The molecule has 0 radical (unpaired) electrons. The number of hydrogen-bond donors (Lipinski definition) is 2. The van der Waals surface area contributed by atoms with Crippen LogP contribution in [-0.2, 0) is 13.1 Å². The van der Waals surface area contributed by atoms with E-state index in [0.717, 1.165) is 22.9 Å². The van der Waals surface area contributed by atoms with E-state index in [-0.39, 0.29) is 0 Å². The van der Waals surface area contributed by atoms with E-state index in [0.29, 0.717) is 12.3 Å². The van der Waals surface area contributed by atoms with Gasteiger partial charge in [0.25, 0.3) is 0 Å². The van der Waals surface area contributed by atoms with Crippen molar-refractivity contribution in [1.29, 1.82) is 0 Å².